The SMILES string of the molecule is CS(=O)(=O)c1ccc([C@@H](O)[C@@H](N)CO)cc1. The maximum atomic E-state index is 11.2. The molecule has 0 saturated heterocycles. The smallest absolute Gasteiger partial charge is 0.175 e. The van der Waals surface area contributed by atoms with E-state index in [0.717, 1.165) is 6.26 Å². The molecule has 0 fully saturated rings. The molecule has 6 heteroatoms. The predicted molar refractivity (Wildman–Crippen MR) is 59.6 cm³/mol. The molecule has 4 N–H and O–H groups in total. The summed E-state index contributed by atoms with van der Waals surface area (Å²) in [6.07, 6.45) is 0.108. The first kappa shape index (κ1) is 13.1. The van der Waals surface area contributed by atoms with Gasteiger partial charge in [0.2, 0.25) is 0 Å². The van der Waals surface area contributed by atoms with Crippen molar-refractivity contribution in [3.05, 3.63) is 29.8 Å². The third kappa shape index (κ3) is 3.02. The minimum Gasteiger partial charge on any atom is -0.395 e. The molecule has 1 rings (SSSR count). The number of hydrogen-bond donors (Lipinski definition) is 3. The summed E-state index contributed by atoms with van der Waals surface area (Å²) in [6.45, 7) is -0.338. The van der Waals surface area contributed by atoms with Crippen molar-refractivity contribution in [3.8, 4) is 0 Å². The highest BCUT2D eigenvalue weighted by Crippen LogP contribution is 2.18. The summed E-state index contributed by atoms with van der Waals surface area (Å²) < 4.78 is 22.4. The van der Waals surface area contributed by atoms with Gasteiger partial charge in [0.25, 0.3) is 0 Å². The molecule has 5 nitrogen and oxygen atoms in total. The molecule has 2 atom stereocenters. The Labute approximate surface area is 94.4 Å². The van der Waals surface area contributed by atoms with Gasteiger partial charge in [0.05, 0.1) is 23.6 Å². The Morgan fingerprint density at radius 1 is 1.31 bits per heavy atom. The number of nitrogens with two attached hydrogens (primary N) is 1. The molecule has 0 amide bonds. The van der Waals surface area contributed by atoms with Crippen LogP contribution >= 0.6 is 0 Å². The van der Waals surface area contributed by atoms with Crippen LogP contribution in [0.1, 0.15) is 11.7 Å². The van der Waals surface area contributed by atoms with E-state index in [2.05, 4.69) is 0 Å². The van der Waals surface area contributed by atoms with Crippen molar-refractivity contribution in [3.63, 3.8) is 0 Å². The quantitative estimate of drug-likeness (QED) is 0.660. The van der Waals surface area contributed by atoms with Crippen molar-refractivity contribution in [2.45, 2.75) is 17.0 Å². The molecule has 0 radical (unpaired) electrons. The lowest BCUT2D eigenvalue weighted by atomic mass is 10.0. The highest BCUT2D eigenvalue weighted by molar-refractivity contribution is 7.90. The number of hydrogen-bond acceptors (Lipinski definition) is 5. The van der Waals surface area contributed by atoms with Gasteiger partial charge in [-0.2, -0.15) is 0 Å². The van der Waals surface area contributed by atoms with E-state index in [1.165, 1.54) is 24.3 Å². The van der Waals surface area contributed by atoms with Crippen molar-refractivity contribution in [1.29, 1.82) is 0 Å². The lowest BCUT2D eigenvalue weighted by Gasteiger charge is -2.16. The first-order valence-corrected chi connectivity index (χ1v) is 6.60. The fourth-order valence-electron chi connectivity index (χ4n) is 1.26. The minimum atomic E-state index is -3.23. The molecule has 0 aliphatic rings. The van der Waals surface area contributed by atoms with Crippen molar-refractivity contribution in [2.75, 3.05) is 12.9 Å². The van der Waals surface area contributed by atoms with Gasteiger partial charge in [0.1, 0.15) is 0 Å². The summed E-state index contributed by atoms with van der Waals surface area (Å²) in [6, 6.07) is 4.99. The van der Waals surface area contributed by atoms with Gasteiger partial charge >= 0.3 is 0 Å². The van der Waals surface area contributed by atoms with Gasteiger partial charge < -0.3 is 15.9 Å². The van der Waals surface area contributed by atoms with E-state index in [0.29, 0.717) is 5.56 Å². The first-order chi connectivity index (χ1) is 7.36. The van der Waals surface area contributed by atoms with E-state index in [-0.39, 0.29) is 11.5 Å². The van der Waals surface area contributed by atoms with Crippen LogP contribution in [-0.4, -0.2) is 37.5 Å². The molecule has 0 aliphatic carbocycles. The number of aliphatic hydroxyl groups is 2. The number of sulfone groups is 1. The number of rotatable bonds is 4. The second kappa shape index (κ2) is 4.92. The van der Waals surface area contributed by atoms with E-state index in [4.69, 9.17) is 10.8 Å². The normalized spacial score (nSPS) is 15.8. The van der Waals surface area contributed by atoms with Crippen LogP contribution in [0.3, 0.4) is 0 Å². The Morgan fingerprint density at radius 3 is 2.19 bits per heavy atom. The second-order valence-electron chi connectivity index (χ2n) is 3.63. The Morgan fingerprint density at radius 2 is 1.81 bits per heavy atom. The van der Waals surface area contributed by atoms with Crippen molar-refractivity contribution in [2.24, 2.45) is 5.73 Å². The highest BCUT2D eigenvalue weighted by Gasteiger charge is 2.16. The standard InChI is InChI=1S/C10H15NO4S/c1-16(14,15)8-4-2-7(3-5-8)10(13)9(11)6-12/h2-5,9-10,12-13H,6,11H2,1H3/t9-,10+/m0/s1. The topological polar surface area (TPSA) is 101 Å². The van der Waals surface area contributed by atoms with Gasteiger partial charge in [-0.25, -0.2) is 8.42 Å². The van der Waals surface area contributed by atoms with Crippen LogP contribution in [0.25, 0.3) is 0 Å². The lowest BCUT2D eigenvalue weighted by molar-refractivity contribution is 0.109. The lowest BCUT2D eigenvalue weighted by Crippen LogP contribution is -2.31. The summed E-state index contributed by atoms with van der Waals surface area (Å²) in [5.74, 6) is 0. The van der Waals surface area contributed by atoms with Crippen LogP contribution < -0.4 is 5.73 Å². The van der Waals surface area contributed by atoms with Crippen molar-refractivity contribution >= 4 is 9.84 Å². The van der Waals surface area contributed by atoms with Crippen molar-refractivity contribution in [1.82, 2.24) is 0 Å². The Bertz CT molecular complexity index is 440. The largest absolute Gasteiger partial charge is 0.395 e. The molecule has 0 spiro atoms. The maximum absolute atomic E-state index is 11.2. The van der Waals surface area contributed by atoms with Gasteiger partial charge in [-0.05, 0) is 17.7 Å². The fraction of sp³-hybridized carbons (Fsp3) is 0.400. The summed E-state index contributed by atoms with van der Waals surface area (Å²) in [7, 11) is -3.23. The van der Waals surface area contributed by atoms with Gasteiger partial charge in [0.15, 0.2) is 9.84 Å². The van der Waals surface area contributed by atoms with Crippen LogP contribution in [0.15, 0.2) is 29.2 Å². The summed E-state index contributed by atoms with van der Waals surface area (Å²) in [4.78, 5) is 0.181. The second-order valence-corrected chi connectivity index (χ2v) is 5.65. The number of aliphatic hydroxyl groups excluding tert-OH is 2. The molecule has 0 unspecified atom stereocenters. The average molecular weight is 245 g/mol. The molecular formula is C10H15NO4S. The highest BCUT2D eigenvalue weighted by atomic mass is 32.2. The zero-order chi connectivity index (χ0) is 12.3. The van der Waals surface area contributed by atoms with E-state index in [1.807, 2.05) is 0 Å². The molecule has 16 heavy (non-hydrogen) atoms. The van der Waals surface area contributed by atoms with Crippen LogP contribution in [0.5, 0.6) is 0 Å². The van der Waals surface area contributed by atoms with Crippen LogP contribution in [-0.2, 0) is 9.84 Å². The predicted octanol–water partition coefficient (Wildman–Crippen LogP) is -0.557. The third-order valence-electron chi connectivity index (χ3n) is 2.27. The average Bonchev–Trinajstić information content (AvgIpc) is 2.26. The zero-order valence-corrected chi connectivity index (χ0v) is 9.68. The molecule has 0 aliphatic heterocycles. The van der Waals surface area contributed by atoms with Crippen molar-refractivity contribution < 1.29 is 18.6 Å². The molecule has 90 valence electrons. The summed E-state index contributed by atoms with van der Waals surface area (Å²) in [5, 5.41) is 18.4. The van der Waals surface area contributed by atoms with Crippen LogP contribution in [0.2, 0.25) is 0 Å². The van der Waals surface area contributed by atoms with Gasteiger partial charge in [-0.1, -0.05) is 12.1 Å². The molecular weight excluding hydrogens is 230 g/mol. The third-order valence-corrected chi connectivity index (χ3v) is 3.39. The van der Waals surface area contributed by atoms with E-state index in [9.17, 15) is 13.5 Å². The molecule has 0 heterocycles. The Hall–Kier alpha value is -0.950. The van der Waals surface area contributed by atoms with Crippen LogP contribution in [0, 0.1) is 0 Å². The van der Waals surface area contributed by atoms with E-state index >= 15 is 0 Å². The van der Waals surface area contributed by atoms with E-state index < -0.39 is 22.0 Å². The molecule has 0 aromatic heterocycles. The molecule has 1 aromatic carbocycles. The van der Waals surface area contributed by atoms with Gasteiger partial charge in [0, 0.05) is 6.26 Å². The van der Waals surface area contributed by atoms with Gasteiger partial charge in [-0.15, -0.1) is 0 Å². The number of benzene rings is 1. The zero-order valence-electron chi connectivity index (χ0n) is 8.87. The van der Waals surface area contributed by atoms with Gasteiger partial charge in [-0.3, -0.25) is 0 Å². The fourth-order valence-corrected chi connectivity index (χ4v) is 1.89. The Kier molecular flexibility index (Phi) is 4.03. The molecule has 0 saturated carbocycles. The van der Waals surface area contributed by atoms with Crippen LogP contribution in [0.4, 0.5) is 0 Å². The minimum absolute atomic E-state index is 0.181. The summed E-state index contributed by atoms with van der Waals surface area (Å²) in [5.41, 5.74) is 5.93. The summed E-state index contributed by atoms with van der Waals surface area (Å²) >= 11 is 0. The molecule has 0 bridgehead atoms. The molecule has 1 aromatic rings. The first-order valence-electron chi connectivity index (χ1n) is 4.71. The Balaban J connectivity index is 2.96. The maximum Gasteiger partial charge on any atom is 0.175 e. The monoisotopic (exact) mass is 245 g/mol. The van der Waals surface area contributed by atoms with E-state index in [1.54, 1.807) is 0 Å².